The summed E-state index contributed by atoms with van der Waals surface area (Å²) in [7, 11) is 3.35. The van der Waals surface area contributed by atoms with Gasteiger partial charge in [-0.15, -0.1) is 0 Å². The van der Waals surface area contributed by atoms with Gasteiger partial charge in [-0.05, 0) is 36.4 Å². The van der Waals surface area contributed by atoms with Crippen LogP contribution in [0.25, 0.3) is 0 Å². The molecule has 3 N–H and O–H groups in total. The standard InChI is InChI=1S/C20H24N4O3/c1-4-18(25)22-17-10-6-8-15(12-17)21-13-19(26)23-16-9-5-7-14(11-16)20(27)24(2)3/h5-12,21H,4,13H2,1-3H3,(H,22,25)(H,23,26). The molecule has 0 fully saturated rings. The summed E-state index contributed by atoms with van der Waals surface area (Å²) >= 11 is 0. The molecular formula is C20H24N4O3. The van der Waals surface area contributed by atoms with Crippen LogP contribution in [0.3, 0.4) is 0 Å². The number of benzene rings is 2. The van der Waals surface area contributed by atoms with Gasteiger partial charge in [0.15, 0.2) is 0 Å². The summed E-state index contributed by atoms with van der Waals surface area (Å²) in [5.41, 5.74) is 2.45. The molecule has 0 heterocycles. The smallest absolute Gasteiger partial charge is 0.253 e. The second-order valence-corrected chi connectivity index (χ2v) is 6.16. The van der Waals surface area contributed by atoms with Crippen molar-refractivity contribution in [3.63, 3.8) is 0 Å². The predicted molar refractivity (Wildman–Crippen MR) is 107 cm³/mol. The van der Waals surface area contributed by atoms with Crippen molar-refractivity contribution in [1.82, 2.24) is 4.90 Å². The van der Waals surface area contributed by atoms with E-state index in [9.17, 15) is 14.4 Å². The van der Waals surface area contributed by atoms with E-state index in [1.165, 1.54) is 4.90 Å². The highest BCUT2D eigenvalue weighted by molar-refractivity contribution is 5.98. The molecular weight excluding hydrogens is 344 g/mol. The van der Waals surface area contributed by atoms with Gasteiger partial charge in [0.1, 0.15) is 0 Å². The summed E-state index contributed by atoms with van der Waals surface area (Å²) in [4.78, 5) is 37.1. The number of rotatable bonds is 7. The van der Waals surface area contributed by atoms with Gasteiger partial charge in [-0.25, -0.2) is 0 Å². The van der Waals surface area contributed by atoms with E-state index in [-0.39, 0.29) is 24.3 Å². The van der Waals surface area contributed by atoms with Gasteiger partial charge in [0.25, 0.3) is 5.91 Å². The molecule has 0 aromatic heterocycles. The molecule has 0 saturated heterocycles. The zero-order valence-electron chi connectivity index (χ0n) is 15.7. The van der Waals surface area contributed by atoms with Gasteiger partial charge in [-0.3, -0.25) is 14.4 Å². The maximum Gasteiger partial charge on any atom is 0.253 e. The van der Waals surface area contributed by atoms with Gasteiger partial charge in [0, 0.05) is 43.1 Å². The van der Waals surface area contributed by atoms with Crippen molar-refractivity contribution in [2.24, 2.45) is 0 Å². The first-order chi connectivity index (χ1) is 12.9. The molecule has 2 aromatic carbocycles. The third-order valence-electron chi connectivity index (χ3n) is 3.72. The lowest BCUT2D eigenvalue weighted by atomic mass is 10.2. The monoisotopic (exact) mass is 368 g/mol. The summed E-state index contributed by atoms with van der Waals surface area (Å²) in [6, 6.07) is 13.9. The molecule has 3 amide bonds. The van der Waals surface area contributed by atoms with E-state index in [4.69, 9.17) is 0 Å². The van der Waals surface area contributed by atoms with Crippen LogP contribution >= 0.6 is 0 Å². The molecule has 0 aliphatic heterocycles. The largest absolute Gasteiger partial charge is 0.376 e. The molecule has 7 heteroatoms. The van der Waals surface area contributed by atoms with E-state index in [1.54, 1.807) is 63.5 Å². The molecule has 0 radical (unpaired) electrons. The van der Waals surface area contributed by atoms with Crippen LogP contribution in [0.4, 0.5) is 17.1 Å². The molecule has 0 spiro atoms. The Morgan fingerprint density at radius 2 is 1.44 bits per heavy atom. The van der Waals surface area contributed by atoms with Crippen LogP contribution in [0, 0.1) is 0 Å². The summed E-state index contributed by atoms with van der Waals surface area (Å²) in [5, 5.41) is 8.54. The van der Waals surface area contributed by atoms with Crippen molar-refractivity contribution in [2.75, 3.05) is 36.6 Å². The van der Waals surface area contributed by atoms with Gasteiger partial charge in [-0.2, -0.15) is 0 Å². The van der Waals surface area contributed by atoms with Crippen LogP contribution in [0.15, 0.2) is 48.5 Å². The highest BCUT2D eigenvalue weighted by Crippen LogP contribution is 2.16. The normalized spacial score (nSPS) is 10.0. The number of anilines is 3. The van der Waals surface area contributed by atoms with Crippen LogP contribution in [0.1, 0.15) is 23.7 Å². The quantitative estimate of drug-likeness (QED) is 0.701. The topological polar surface area (TPSA) is 90.5 Å². The third kappa shape index (κ3) is 6.14. The van der Waals surface area contributed by atoms with Gasteiger partial charge in [-0.1, -0.05) is 19.1 Å². The van der Waals surface area contributed by atoms with Crippen molar-refractivity contribution < 1.29 is 14.4 Å². The minimum Gasteiger partial charge on any atom is -0.376 e. The highest BCUT2D eigenvalue weighted by atomic mass is 16.2. The first-order valence-corrected chi connectivity index (χ1v) is 8.64. The first kappa shape index (κ1) is 20.0. The SMILES string of the molecule is CCC(=O)Nc1cccc(NCC(=O)Nc2cccc(C(=O)N(C)C)c2)c1. The number of hydrogen-bond donors (Lipinski definition) is 3. The van der Waals surface area contributed by atoms with Crippen molar-refractivity contribution in [3.05, 3.63) is 54.1 Å². The van der Waals surface area contributed by atoms with E-state index < -0.39 is 0 Å². The lowest BCUT2D eigenvalue weighted by Gasteiger charge is -2.12. The molecule has 142 valence electrons. The van der Waals surface area contributed by atoms with Crippen LogP contribution in [0.5, 0.6) is 0 Å². The first-order valence-electron chi connectivity index (χ1n) is 8.64. The van der Waals surface area contributed by atoms with Crippen molar-refractivity contribution >= 4 is 34.8 Å². The molecule has 2 rings (SSSR count). The van der Waals surface area contributed by atoms with Crippen LogP contribution in [-0.4, -0.2) is 43.3 Å². The molecule has 0 unspecified atom stereocenters. The molecule has 0 atom stereocenters. The summed E-state index contributed by atoms with van der Waals surface area (Å²) in [6.45, 7) is 1.83. The summed E-state index contributed by atoms with van der Waals surface area (Å²) in [6.07, 6.45) is 0.398. The Kier molecular flexibility index (Phi) is 6.93. The molecule has 0 aliphatic rings. The fourth-order valence-electron chi connectivity index (χ4n) is 2.33. The van der Waals surface area contributed by atoms with E-state index in [2.05, 4.69) is 16.0 Å². The minimum atomic E-state index is -0.243. The van der Waals surface area contributed by atoms with E-state index in [1.807, 2.05) is 6.07 Å². The van der Waals surface area contributed by atoms with Gasteiger partial charge in [0.2, 0.25) is 11.8 Å². The average molecular weight is 368 g/mol. The number of hydrogen-bond acceptors (Lipinski definition) is 4. The van der Waals surface area contributed by atoms with Crippen molar-refractivity contribution in [2.45, 2.75) is 13.3 Å². The Hall–Kier alpha value is -3.35. The van der Waals surface area contributed by atoms with Gasteiger partial charge < -0.3 is 20.9 Å². The van der Waals surface area contributed by atoms with Crippen LogP contribution < -0.4 is 16.0 Å². The highest BCUT2D eigenvalue weighted by Gasteiger charge is 2.09. The number of carbonyl (C=O) groups is 3. The van der Waals surface area contributed by atoms with Crippen molar-refractivity contribution in [3.8, 4) is 0 Å². The molecule has 0 saturated carbocycles. The van der Waals surface area contributed by atoms with E-state index in [0.29, 0.717) is 23.4 Å². The zero-order chi connectivity index (χ0) is 19.8. The predicted octanol–water partition coefficient (Wildman–Crippen LogP) is 2.79. The Morgan fingerprint density at radius 1 is 0.852 bits per heavy atom. The van der Waals surface area contributed by atoms with Gasteiger partial charge in [0.05, 0.1) is 6.54 Å². The summed E-state index contributed by atoms with van der Waals surface area (Å²) in [5.74, 6) is -0.445. The summed E-state index contributed by atoms with van der Waals surface area (Å²) < 4.78 is 0. The van der Waals surface area contributed by atoms with E-state index >= 15 is 0 Å². The number of amides is 3. The second kappa shape index (κ2) is 9.38. The minimum absolute atomic E-state index is 0.0526. The fraction of sp³-hybridized carbons (Fsp3) is 0.250. The number of nitrogens with one attached hydrogen (secondary N) is 3. The molecule has 0 bridgehead atoms. The maximum absolute atomic E-state index is 12.2. The molecule has 7 nitrogen and oxygen atoms in total. The van der Waals surface area contributed by atoms with Gasteiger partial charge >= 0.3 is 0 Å². The maximum atomic E-state index is 12.2. The molecule has 0 aliphatic carbocycles. The fourth-order valence-corrected chi connectivity index (χ4v) is 2.33. The van der Waals surface area contributed by atoms with Crippen LogP contribution in [-0.2, 0) is 9.59 Å². The van der Waals surface area contributed by atoms with Crippen molar-refractivity contribution in [1.29, 1.82) is 0 Å². The lowest BCUT2D eigenvalue weighted by Crippen LogP contribution is -2.23. The third-order valence-corrected chi connectivity index (χ3v) is 3.72. The van der Waals surface area contributed by atoms with Crippen LogP contribution in [0.2, 0.25) is 0 Å². The molecule has 27 heavy (non-hydrogen) atoms. The lowest BCUT2D eigenvalue weighted by molar-refractivity contribution is -0.116. The Labute approximate surface area is 158 Å². The second-order valence-electron chi connectivity index (χ2n) is 6.16. The Morgan fingerprint density at radius 3 is 2.11 bits per heavy atom. The Balaban J connectivity index is 1.93. The molecule has 2 aromatic rings. The van der Waals surface area contributed by atoms with E-state index in [0.717, 1.165) is 5.69 Å². The number of carbonyl (C=O) groups excluding carboxylic acids is 3. The Bertz CT molecular complexity index is 833. The average Bonchev–Trinajstić information content (AvgIpc) is 2.66. The number of nitrogens with zero attached hydrogens (tertiary/aromatic N) is 1. The zero-order valence-corrected chi connectivity index (χ0v) is 15.7.